The van der Waals surface area contributed by atoms with E-state index in [-0.39, 0.29) is 11.7 Å². The van der Waals surface area contributed by atoms with Crippen LogP contribution in [-0.2, 0) is 0 Å². The smallest absolute Gasteiger partial charge is 0.338 e. The van der Waals surface area contributed by atoms with E-state index in [4.69, 9.17) is 5.11 Å². The number of benzene rings is 1. The highest BCUT2D eigenvalue weighted by Gasteiger charge is 2.19. The molecule has 2 amide bonds. The molecule has 20 heavy (non-hydrogen) atoms. The minimum absolute atomic E-state index is 0.109. The van der Waals surface area contributed by atoms with E-state index in [2.05, 4.69) is 5.32 Å². The highest BCUT2D eigenvalue weighted by Crippen LogP contribution is 2.20. The molecule has 0 aliphatic rings. The number of carboxylic acids is 1. The van der Waals surface area contributed by atoms with Gasteiger partial charge in [-0.15, -0.1) is 0 Å². The number of carbonyl (C=O) groups is 2. The van der Waals surface area contributed by atoms with Crippen molar-refractivity contribution in [2.24, 2.45) is 0 Å². The van der Waals surface area contributed by atoms with Crippen LogP contribution in [0.5, 0.6) is 0 Å². The highest BCUT2D eigenvalue weighted by atomic mass is 19.1. The fourth-order valence-electron chi connectivity index (χ4n) is 1.74. The molecule has 0 fully saturated rings. The van der Waals surface area contributed by atoms with Crippen molar-refractivity contribution in [1.29, 1.82) is 0 Å². The maximum atomic E-state index is 13.6. The van der Waals surface area contributed by atoms with Crippen molar-refractivity contribution in [2.75, 3.05) is 11.9 Å². The van der Waals surface area contributed by atoms with Gasteiger partial charge < -0.3 is 15.3 Å². The molecule has 0 spiro atoms. The first-order valence-corrected chi connectivity index (χ1v) is 6.07. The Bertz CT molecular complexity index is 533. The number of amides is 2. The minimum atomic E-state index is -1.53. The van der Waals surface area contributed by atoms with E-state index in [1.165, 1.54) is 4.90 Å². The maximum Gasteiger partial charge on any atom is 0.338 e. The van der Waals surface area contributed by atoms with E-state index < -0.39 is 29.2 Å². The van der Waals surface area contributed by atoms with E-state index in [9.17, 15) is 18.4 Å². The Morgan fingerprint density at radius 1 is 1.30 bits per heavy atom. The SMILES string of the molecule is CCN(C(=O)Nc1cc(C(=O)O)c(F)cc1F)C(C)C. The number of urea groups is 1. The number of carbonyl (C=O) groups excluding carboxylic acids is 1. The zero-order chi connectivity index (χ0) is 15.4. The molecule has 0 unspecified atom stereocenters. The van der Waals surface area contributed by atoms with Crippen molar-refractivity contribution in [1.82, 2.24) is 4.90 Å². The second kappa shape index (κ2) is 6.31. The molecule has 0 heterocycles. The molecule has 5 nitrogen and oxygen atoms in total. The van der Waals surface area contributed by atoms with E-state index in [0.29, 0.717) is 12.6 Å². The van der Waals surface area contributed by atoms with Gasteiger partial charge in [0.1, 0.15) is 11.6 Å². The quantitative estimate of drug-likeness (QED) is 0.894. The molecular formula is C13H16F2N2O3. The van der Waals surface area contributed by atoms with Crippen LogP contribution in [0.15, 0.2) is 12.1 Å². The van der Waals surface area contributed by atoms with Crippen LogP contribution < -0.4 is 5.32 Å². The lowest BCUT2D eigenvalue weighted by atomic mass is 10.2. The summed E-state index contributed by atoms with van der Waals surface area (Å²) < 4.78 is 26.8. The van der Waals surface area contributed by atoms with Crippen molar-refractivity contribution in [2.45, 2.75) is 26.8 Å². The molecule has 0 aliphatic carbocycles. The Balaban J connectivity index is 3.06. The average molecular weight is 286 g/mol. The Kier molecular flexibility index (Phi) is 5.01. The number of carboxylic acid groups (broad SMARTS) is 1. The first-order valence-electron chi connectivity index (χ1n) is 6.07. The molecule has 1 aromatic rings. The van der Waals surface area contributed by atoms with Gasteiger partial charge in [0.25, 0.3) is 0 Å². The molecule has 0 bridgehead atoms. The first kappa shape index (κ1) is 15.9. The van der Waals surface area contributed by atoms with Crippen LogP contribution in [0.2, 0.25) is 0 Å². The van der Waals surface area contributed by atoms with E-state index in [1.807, 2.05) is 0 Å². The molecule has 1 rings (SSSR count). The predicted octanol–water partition coefficient (Wildman–Crippen LogP) is 2.93. The average Bonchev–Trinajstić information content (AvgIpc) is 2.32. The second-order valence-corrected chi connectivity index (χ2v) is 4.43. The summed E-state index contributed by atoms with van der Waals surface area (Å²) in [6.07, 6.45) is 0. The predicted molar refractivity (Wildman–Crippen MR) is 69.9 cm³/mol. The monoisotopic (exact) mass is 286 g/mol. The fraction of sp³-hybridized carbons (Fsp3) is 0.385. The van der Waals surface area contributed by atoms with Crippen LogP contribution in [-0.4, -0.2) is 34.6 Å². The third-order valence-corrected chi connectivity index (χ3v) is 2.75. The fourth-order valence-corrected chi connectivity index (χ4v) is 1.74. The van der Waals surface area contributed by atoms with Crippen LogP contribution in [0.4, 0.5) is 19.3 Å². The number of rotatable bonds is 4. The van der Waals surface area contributed by atoms with Crippen molar-refractivity contribution >= 4 is 17.7 Å². The standard InChI is InChI=1S/C13H16F2N2O3/c1-4-17(7(2)3)13(20)16-11-5-8(12(18)19)9(14)6-10(11)15/h5-7H,4H2,1-3H3,(H,16,20)(H,18,19). The van der Waals surface area contributed by atoms with Crippen LogP contribution >= 0.6 is 0 Å². The summed E-state index contributed by atoms with van der Waals surface area (Å²) in [6.45, 7) is 5.72. The zero-order valence-electron chi connectivity index (χ0n) is 11.4. The summed E-state index contributed by atoms with van der Waals surface area (Å²) in [7, 11) is 0. The number of hydrogen-bond donors (Lipinski definition) is 2. The van der Waals surface area contributed by atoms with Gasteiger partial charge in [0.15, 0.2) is 0 Å². The number of halogens is 2. The zero-order valence-corrected chi connectivity index (χ0v) is 11.4. The van der Waals surface area contributed by atoms with Crippen molar-refractivity contribution in [3.63, 3.8) is 0 Å². The molecule has 2 N–H and O–H groups in total. The number of aromatic carboxylic acids is 1. The molecule has 0 atom stereocenters. The lowest BCUT2D eigenvalue weighted by Crippen LogP contribution is -2.40. The summed E-state index contributed by atoms with van der Waals surface area (Å²) in [5.41, 5.74) is -1.07. The molecular weight excluding hydrogens is 270 g/mol. The normalized spacial score (nSPS) is 10.5. The van der Waals surface area contributed by atoms with E-state index >= 15 is 0 Å². The number of hydrogen-bond acceptors (Lipinski definition) is 2. The van der Waals surface area contributed by atoms with E-state index in [1.54, 1.807) is 20.8 Å². The Morgan fingerprint density at radius 2 is 1.90 bits per heavy atom. The van der Waals surface area contributed by atoms with Crippen LogP contribution in [0.1, 0.15) is 31.1 Å². The van der Waals surface area contributed by atoms with Crippen molar-refractivity contribution in [3.8, 4) is 0 Å². The Labute approximate surface area is 115 Å². The molecule has 0 saturated heterocycles. The molecule has 0 saturated carbocycles. The molecule has 1 aromatic carbocycles. The third kappa shape index (κ3) is 3.43. The van der Waals surface area contributed by atoms with Crippen LogP contribution in [0.3, 0.4) is 0 Å². The van der Waals surface area contributed by atoms with Gasteiger partial charge in [0, 0.05) is 18.7 Å². The molecule has 0 aromatic heterocycles. The lowest BCUT2D eigenvalue weighted by Gasteiger charge is -2.25. The first-order chi connectivity index (χ1) is 9.27. The van der Waals surface area contributed by atoms with Crippen LogP contribution in [0.25, 0.3) is 0 Å². The molecule has 7 heteroatoms. The molecule has 0 radical (unpaired) electrons. The van der Waals surface area contributed by atoms with Gasteiger partial charge in [-0.3, -0.25) is 0 Å². The number of nitrogens with one attached hydrogen (secondary N) is 1. The number of anilines is 1. The Morgan fingerprint density at radius 3 is 2.35 bits per heavy atom. The minimum Gasteiger partial charge on any atom is -0.478 e. The third-order valence-electron chi connectivity index (χ3n) is 2.75. The van der Waals surface area contributed by atoms with Gasteiger partial charge >= 0.3 is 12.0 Å². The lowest BCUT2D eigenvalue weighted by molar-refractivity contribution is 0.0691. The van der Waals surface area contributed by atoms with Gasteiger partial charge in [-0.25, -0.2) is 18.4 Å². The largest absolute Gasteiger partial charge is 0.478 e. The number of nitrogens with zero attached hydrogens (tertiary/aromatic N) is 1. The molecule has 0 aliphatic heterocycles. The summed E-state index contributed by atoms with van der Waals surface area (Å²) >= 11 is 0. The van der Waals surface area contributed by atoms with E-state index in [0.717, 1.165) is 6.07 Å². The van der Waals surface area contributed by atoms with Crippen molar-refractivity contribution in [3.05, 3.63) is 29.3 Å². The summed E-state index contributed by atoms with van der Waals surface area (Å²) in [4.78, 5) is 24.1. The van der Waals surface area contributed by atoms with Crippen molar-refractivity contribution < 1.29 is 23.5 Å². The Hall–Kier alpha value is -2.18. The van der Waals surface area contributed by atoms with Gasteiger partial charge in [0.2, 0.25) is 0 Å². The van der Waals surface area contributed by atoms with Gasteiger partial charge in [-0.05, 0) is 26.8 Å². The van der Waals surface area contributed by atoms with Crippen LogP contribution in [0, 0.1) is 11.6 Å². The summed E-state index contributed by atoms with van der Waals surface area (Å²) in [6, 6.07) is 0.510. The molecule has 110 valence electrons. The second-order valence-electron chi connectivity index (χ2n) is 4.43. The van der Waals surface area contributed by atoms with Gasteiger partial charge in [-0.2, -0.15) is 0 Å². The van der Waals surface area contributed by atoms with Gasteiger partial charge in [0.05, 0.1) is 11.3 Å². The topological polar surface area (TPSA) is 69.6 Å². The van der Waals surface area contributed by atoms with Gasteiger partial charge in [-0.1, -0.05) is 0 Å². The summed E-state index contributed by atoms with van der Waals surface area (Å²) in [5.74, 6) is -3.75. The maximum absolute atomic E-state index is 13.6. The highest BCUT2D eigenvalue weighted by molar-refractivity contribution is 5.93. The summed E-state index contributed by atoms with van der Waals surface area (Å²) in [5, 5.41) is 11.0.